The van der Waals surface area contributed by atoms with Crippen LogP contribution in [-0.2, 0) is 4.74 Å². The van der Waals surface area contributed by atoms with Crippen LogP contribution >= 0.6 is 0 Å². The second-order valence-electron chi connectivity index (χ2n) is 8.51. The van der Waals surface area contributed by atoms with Gasteiger partial charge in [0.25, 0.3) is 0 Å². The summed E-state index contributed by atoms with van der Waals surface area (Å²) in [5.41, 5.74) is 11.5. The molecular weight excluding hydrogens is 360 g/mol. The number of rotatable bonds is 4. The van der Waals surface area contributed by atoms with Crippen molar-refractivity contribution >= 4 is 17.0 Å². The van der Waals surface area contributed by atoms with E-state index in [2.05, 4.69) is 41.1 Å². The number of nitrogens with two attached hydrogens (primary N) is 1. The van der Waals surface area contributed by atoms with Crippen LogP contribution < -0.4 is 10.6 Å². The molecule has 3 N–H and O–H groups in total. The van der Waals surface area contributed by atoms with Crippen molar-refractivity contribution in [2.75, 3.05) is 24.7 Å². The first kappa shape index (κ1) is 19.6. The van der Waals surface area contributed by atoms with Crippen molar-refractivity contribution in [2.45, 2.75) is 39.2 Å². The van der Waals surface area contributed by atoms with Gasteiger partial charge in [-0.1, -0.05) is 12.1 Å². The van der Waals surface area contributed by atoms with Crippen molar-refractivity contribution in [3.8, 4) is 0 Å². The van der Waals surface area contributed by atoms with E-state index in [4.69, 9.17) is 15.9 Å². The predicted octanol–water partition coefficient (Wildman–Crippen LogP) is 4.23. The fourth-order valence-corrected chi connectivity index (χ4v) is 4.88. The minimum absolute atomic E-state index is 0.402. The van der Waals surface area contributed by atoms with Crippen LogP contribution in [0.4, 0.5) is 5.69 Å². The number of nitrogens with zero attached hydrogens (tertiary/aromatic N) is 2. The molecule has 2 aliphatic rings. The minimum Gasteiger partial charge on any atom is -0.402 e. The Morgan fingerprint density at radius 1 is 1.10 bits per heavy atom. The van der Waals surface area contributed by atoms with Gasteiger partial charge in [-0.2, -0.15) is 0 Å². The molecule has 5 heteroatoms. The second-order valence-corrected chi connectivity index (χ2v) is 8.51. The first-order valence-corrected chi connectivity index (χ1v) is 10.4. The Kier molecular flexibility index (Phi) is 5.41. The van der Waals surface area contributed by atoms with E-state index in [1.54, 1.807) is 12.4 Å². The quantitative estimate of drug-likeness (QED) is 0.766. The Morgan fingerprint density at radius 3 is 2.38 bits per heavy atom. The van der Waals surface area contributed by atoms with Crippen LogP contribution in [0, 0.1) is 10.8 Å². The number of hydrogen-bond donors (Lipinski definition) is 2. The lowest BCUT2D eigenvalue weighted by molar-refractivity contribution is 0.0242. The summed E-state index contributed by atoms with van der Waals surface area (Å²) in [6, 6.07) is 12.8. The van der Waals surface area contributed by atoms with E-state index < -0.39 is 0 Å². The molecule has 0 amide bonds. The largest absolute Gasteiger partial charge is 0.402 e. The predicted molar refractivity (Wildman–Crippen MR) is 118 cm³/mol. The second kappa shape index (κ2) is 7.99. The lowest BCUT2D eigenvalue weighted by Gasteiger charge is -2.33. The molecule has 5 nitrogen and oxygen atoms in total. The molecule has 1 atom stereocenters. The number of hydrogen-bond acceptors (Lipinski definition) is 5. The van der Waals surface area contributed by atoms with Gasteiger partial charge in [-0.15, -0.1) is 0 Å². The lowest BCUT2D eigenvalue weighted by atomic mass is 9.78. The van der Waals surface area contributed by atoms with Crippen LogP contribution in [0.3, 0.4) is 0 Å². The zero-order chi connectivity index (χ0) is 20.4. The van der Waals surface area contributed by atoms with Gasteiger partial charge in [-0.3, -0.25) is 10.4 Å². The molecule has 1 spiro atoms. The molecule has 1 aromatic heterocycles. The third kappa shape index (κ3) is 3.92. The number of aromatic nitrogens is 1. The molecule has 2 saturated heterocycles. The summed E-state index contributed by atoms with van der Waals surface area (Å²) >= 11 is 0. The Hall–Kier alpha value is -2.66. The van der Waals surface area contributed by atoms with Crippen molar-refractivity contribution in [2.24, 2.45) is 11.1 Å². The highest BCUT2D eigenvalue weighted by Crippen LogP contribution is 2.44. The molecule has 152 valence electrons. The van der Waals surface area contributed by atoms with Gasteiger partial charge in [0.1, 0.15) is 0 Å². The van der Waals surface area contributed by atoms with Crippen LogP contribution in [0.1, 0.15) is 44.2 Å². The van der Waals surface area contributed by atoms with Crippen molar-refractivity contribution in [1.29, 1.82) is 5.41 Å². The Morgan fingerprint density at radius 2 is 1.76 bits per heavy atom. The molecule has 2 fully saturated rings. The molecule has 29 heavy (non-hydrogen) atoms. The van der Waals surface area contributed by atoms with E-state index in [0.29, 0.717) is 22.9 Å². The highest BCUT2D eigenvalue weighted by molar-refractivity contribution is 6.30. The Bertz CT molecular complexity index is 894. The average Bonchev–Trinajstić information content (AvgIpc) is 3.05. The molecule has 0 bridgehead atoms. The number of nitrogens with one attached hydrogen (secondary N) is 1. The topological polar surface area (TPSA) is 75.2 Å². The number of pyridine rings is 1. The van der Waals surface area contributed by atoms with E-state index in [1.807, 2.05) is 19.1 Å². The fraction of sp³-hybridized carbons (Fsp3) is 0.417. The van der Waals surface area contributed by atoms with Crippen LogP contribution in [0.2, 0.25) is 0 Å². The van der Waals surface area contributed by atoms with Crippen LogP contribution in [-0.4, -0.2) is 36.5 Å². The highest BCUT2D eigenvalue weighted by atomic mass is 16.5. The Labute approximate surface area is 173 Å². The number of allylic oxidation sites excluding steroid dienone is 2. The first-order chi connectivity index (χ1) is 14.0. The smallest absolute Gasteiger partial charge is 0.0708 e. The monoisotopic (exact) mass is 390 g/mol. The van der Waals surface area contributed by atoms with Crippen LogP contribution in [0.15, 0.2) is 54.5 Å². The normalized spacial score (nSPS) is 21.9. The summed E-state index contributed by atoms with van der Waals surface area (Å²) in [5.74, 6) is 0. The fourth-order valence-electron chi connectivity index (χ4n) is 4.88. The Balaban J connectivity index is 1.57. The van der Waals surface area contributed by atoms with Gasteiger partial charge in [-0.05, 0) is 68.4 Å². The molecule has 4 rings (SSSR count). The third-order valence-electron chi connectivity index (χ3n) is 6.42. The average molecular weight is 391 g/mol. The van der Waals surface area contributed by atoms with E-state index in [0.717, 1.165) is 49.3 Å². The van der Waals surface area contributed by atoms with Gasteiger partial charge in [-0.25, -0.2) is 0 Å². The zero-order valence-corrected chi connectivity index (χ0v) is 17.3. The van der Waals surface area contributed by atoms with Crippen molar-refractivity contribution in [3.63, 3.8) is 0 Å². The van der Waals surface area contributed by atoms with Crippen molar-refractivity contribution < 1.29 is 4.74 Å². The van der Waals surface area contributed by atoms with E-state index in [9.17, 15) is 0 Å². The summed E-state index contributed by atoms with van der Waals surface area (Å²) in [4.78, 5) is 6.58. The van der Waals surface area contributed by atoms with E-state index in [-0.39, 0.29) is 0 Å². The van der Waals surface area contributed by atoms with Gasteiger partial charge in [0, 0.05) is 60.7 Å². The van der Waals surface area contributed by atoms with Crippen LogP contribution in [0.25, 0.3) is 5.57 Å². The number of ether oxygens (including phenoxy) is 1. The molecule has 0 saturated carbocycles. The van der Waals surface area contributed by atoms with Crippen molar-refractivity contribution in [1.82, 2.24) is 4.98 Å². The number of benzene rings is 1. The molecule has 1 unspecified atom stereocenters. The maximum atomic E-state index is 8.65. The van der Waals surface area contributed by atoms with Gasteiger partial charge in [0.2, 0.25) is 0 Å². The summed E-state index contributed by atoms with van der Waals surface area (Å²) in [6.07, 6.45) is 6.97. The maximum absolute atomic E-state index is 8.65. The summed E-state index contributed by atoms with van der Waals surface area (Å²) in [5, 5.41) is 8.65. The molecule has 2 aliphatic heterocycles. The van der Waals surface area contributed by atoms with Gasteiger partial charge < -0.3 is 15.4 Å². The lowest BCUT2D eigenvalue weighted by Crippen LogP contribution is -2.33. The molecular formula is C24H30N4O. The third-order valence-corrected chi connectivity index (χ3v) is 6.42. The molecule has 2 aromatic rings. The molecule has 3 heterocycles. The van der Waals surface area contributed by atoms with Crippen LogP contribution in [0.5, 0.6) is 0 Å². The zero-order valence-electron chi connectivity index (χ0n) is 17.3. The van der Waals surface area contributed by atoms with E-state index >= 15 is 0 Å². The van der Waals surface area contributed by atoms with Gasteiger partial charge in [0.05, 0.1) is 5.71 Å². The minimum atomic E-state index is 0.402. The molecule has 0 radical (unpaired) electrons. The molecule has 0 aliphatic carbocycles. The van der Waals surface area contributed by atoms with Gasteiger partial charge >= 0.3 is 0 Å². The van der Waals surface area contributed by atoms with Crippen molar-refractivity contribution in [3.05, 3.63) is 65.6 Å². The summed E-state index contributed by atoms with van der Waals surface area (Å²) < 4.78 is 5.60. The van der Waals surface area contributed by atoms with Gasteiger partial charge in [0.15, 0.2) is 0 Å². The van der Waals surface area contributed by atoms with E-state index in [1.165, 1.54) is 12.1 Å². The standard InChI is InChI=1S/C24H30N4O/c1-17-15-24(9-13-29-14-10-24)16-28(17)21-5-3-19(4-6-21)22(18(2)25)23(26)20-7-11-27-12-8-20/h3-8,11-12,17,26H,9-10,13-16,25H2,1-2H3/b22-18-,26-23?. The molecule has 1 aromatic carbocycles. The summed E-state index contributed by atoms with van der Waals surface area (Å²) in [7, 11) is 0. The first-order valence-electron chi connectivity index (χ1n) is 10.4. The maximum Gasteiger partial charge on any atom is 0.0708 e. The summed E-state index contributed by atoms with van der Waals surface area (Å²) in [6.45, 7) is 7.06. The highest BCUT2D eigenvalue weighted by Gasteiger charge is 2.43. The number of anilines is 1. The SMILES string of the molecule is C/C(N)=C(/C(=N)c1ccncc1)c1ccc(N2CC3(CCOCC3)CC2C)cc1.